The van der Waals surface area contributed by atoms with Gasteiger partial charge in [0.1, 0.15) is 10.8 Å². The number of fused-ring (bicyclic) bond motifs is 1. The molecule has 5 nitrogen and oxygen atoms in total. The van der Waals surface area contributed by atoms with Gasteiger partial charge in [0.2, 0.25) is 0 Å². The van der Waals surface area contributed by atoms with Crippen LogP contribution < -0.4 is 10.6 Å². The van der Waals surface area contributed by atoms with E-state index in [1.165, 1.54) is 18.2 Å². The summed E-state index contributed by atoms with van der Waals surface area (Å²) in [5, 5.41) is 7.69. The van der Waals surface area contributed by atoms with Gasteiger partial charge in [0.25, 0.3) is 0 Å². The summed E-state index contributed by atoms with van der Waals surface area (Å²) in [6, 6.07) is 3.45. The number of esters is 1. The lowest BCUT2D eigenvalue weighted by Crippen LogP contribution is -2.20. The summed E-state index contributed by atoms with van der Waals surface area (Å²) < 4.78 is 4.91. The molecule has 8 heteroatoms. The predicted octanol–water partition coefficient (Wildman–Crippen LogP) is 3.88. The Kier molecular flexibility index (Phi) is 4.79. The minimum Gasteiger partial charge on any atom is -0.465 e. The number of aromatic nitrogens is 1. The Labute approximate surface area is 148 Å². The van der Waals surface area contributed by atoms with Crippen LogP contribution >= 0.6 is 35.2 Å². The quantitative estimate of drug-likeness (QED) is 0.634. The third kappa shape index (κ3) is 3.46. The summed E-state index contributed by atoms with van der Waals surface area (Å²) in [5.41, 5.74) is 1.68. The number of aryl methyl sites for hydroxylation is 1. The molecule has 0 aromatic carbocycles. The zero-order valence-electron chi connectivity index (χ0n) is 12.3. The van der Waals surface area contributed by atoms with Gasteiger partial charge in [-0.3, -0.25) is 0 Å². The van der Waals surface area contributed by atoms with Gasteiger partial charge in [-0.05, 0) is 49.2 Å². The van der Waals surface area contributed by atoms with E-state index in [9.17, 15) is 4.79 Å². The van der Waals surface area contributed by atoms with Crippen molar-refractivity contribution in [2.24, 2.45) is 0 Å². The van der Waals surface area contributed by atoms with Crippen LogP contribution in [0.4, 0.5) is 10.8 Å². The molecule has 0 atom stereocenters. The summed E-state index contributed by atoms with van der Waals surface area (Å²) in [6.45, 7) is 0. The highest BCUT2D eigenvalue weighted by Gasteiger charge is 2.27. The molecule has 0 saturated carbocycles. The Bertz CT molecular complexity index is 759. The van der Waals surface area contributed by atoms with Crippen LogP contribution in [-0.2, 0) is 17.6 Å². The van der Waals surface area contributed by atoms with Crippen molar-refractivity contribution < 1.29 is 9.53 Å². The molecular formula is C15H14ClN3O2S2. The van der Waals surface area contributed by atoms with Crippen molar-refractivity contribution in [2.75, 3.05) is 17.7 Å². The van der Waals surface area contributed by atoms with Gasteiger partial charge < -0.3 is 15.4 Å². The summed E-state index contributed by atoms with van der Waals surface area (Å²) in [4.78, 5) is 17.4. The first-order valence-electron chi connectivity index (χ1n) is 7.01. The summed E-state index contributed by atoms with van der Waals surface area (Å²) in [7, 11) is 1.39. The van der Waals surface area contributed by atoms with E-state index in [-0.39, 0.29) is 5.97 Å². The maximum Gasteiger partial charge on any atom is 0.341 e. The Hall–Kier alpha value is -1.70. The van der Waals surface area contributed by atoms with E-state index < -0.39 is 0 Å². The second-order valence-corrected chi connectivity index (χ2v) is 6.94. The van der Waals surface area contributed by atoms with E-state index >= 15 is 0 Å². The van der Waals surface area contributed by atoms with Gasteiger partial charge in [-0.2, -0.15) is 0 Å². The zero-order valence-corrected chi connectivity index (χ0v) is 14.7. The number of thiocarbonyl (C=S) groups is 1. The Morgan fingerprint density at radius 2 is 2.22 bits per heavy atom. The summed E-state index contributed by atoms with van der Waals surface area (Å²) >= 11 is 12.7. The molecule has 1 aliphatic rings. The van der Waals surface area contributed by atoms with Gasteiger partial charge in [0.15, 0.2) is 5.11 Å². The number of rotatable bonds is 3. The normalized spacial score (nSPS) is 12.6. The fraction of sp³-hybridized carbons (Fsp3) is 0.267. The largest absolute Gasteiger partial charge is 0.465 e. The van der Waals surface area contributed by atoms with Crippen LogP contribution in [-0.4, -0.2) is 23.2 Å². The average molecular weight is 368 g/mol. The van der Waals surface area contributed by atoms with Gasteiger partial charge in [0.05, 0.1) is 17.7 Å². The van der Waals surface area contributed by atoms with Crippen molar-refractivity contribution in [2.45, 2.75) is 19.3 Å². The molecular weight excluding hydrogens is 354 g/mol. The molecule has 120 valence electrons. The molecule has 2 aromatic rings. The maximum atomic E-state index is 12.1. The van der Waals surface area contributed by atoms with Gasteiger partial charge in [-0.1, -0.05) is 11.6 Å². The fourth-order valence-corrected chi connectivity index (χ4v) is 4.18. The number of hydrogen-bond donors (Lipinski definition) is 2. The molecule has 0 spiro atoms. The van der Waals surface area contributed by atoms with Crippen LogP contribution in [0.2, 0.25) is 5.02 Å². The van der Waals surface area contributed by atoms with E-state index in [0.29, 0.717) is 26.5 Å². The highest BCUT2D eigenvalue weighted by Crippen LogP contribution is 2.39. The van der Waals surface area contributed by atoms with Crippen LogP contribution in [0.3, 0.4) is 0 Å². The van der Waals surface area contributed by atoms with Crippen molar-refractivity contribution in [3.63, 3.8) is 0 Å². The highest BCUT2D eigenvalue weighted by molar-refractivity contribution is 7.80. The van der Waals surface area contributed by atoms with Crippen LogP contribution in [0.25, 0.3) is 0 Å². The minimum absolute atomic E-state index is 0.334. The van der Waals surface area contributed by atoms with E-state index in [1.54, 1.807) is 23.5 Å². The van der Waals surface area contributed by atoms with E-state index in [2.05, 4.69) is 15.6 Å². The molecule has 0 unspecified atom stereocenters. The van der Waals surface area contributed by atoms with Crippen molar-refractivity contribution >= 4 is 57.1 Å². The summed E-state index contributed by atoms with van der Waals surface area (Å²) in [6.07, 6.45) is 4.50. The molecule has 0 aliphatic heterocycles. The topological polar surface area (TPSA) is 63.2 Å². The van der Waals surface area contributed by atoms with E-state index in [4.69, 9.17) is 28.6 Å². The van der Waals surface area contributed by atoms with Gasteiger partial charge >= 0.3 is 5.97 Å². The number of nitrogens with one attached hydrogen (secondary N) is 2. The molecule has 2 aromatic heterocycles. The second-order valence-electron chi connectivity index (χ2n) is 4.99. The fourth-order valence-electron chi connectivity index (χ4n) is 2.51. The van der Waals surface area contributed by atoms with Crippen molar-refractivity contribution in [1.82, 2.24) is 4.98 Å². The van der Waals surface area contributed by atoms with Crippen molar-refractivity contribution in [3.05, 3.63) is 39.4 Å². The number of carbonyl (C=O) groups is 1. The molecule has 23 heavy (non-hydrogen) atoms. The molecule has 0 saturated heterocycles. The zero-order chi connectivity index (χ0) is 16.4. The number of halogens is 1. The summed E-state index contributed by atoms with van der Waals surface area (Å²) in [5.74, 6) is 0.245. The Balaban J connectivity index is 1.78. The first-order valence-corrected chi connectivity index (χ1v) is 8.61. The molecule has 3 rings (SSSR count). The molecule has 0 radical (unpaired) electrons. The molecule has 2 N–H and O–H groups in total. The van der Waals surface area contributed by atoms with Crippen LogP contribution in [0.5, 0.6) is 0 Å². The number of ether oxygens (including phenoxy) is 1. The number of pyridine rings is 1. The van der Waals surface area contributed by atoms with Crippen LogP contribution in [0.1, 0.15) is 27.2 Å². The monoisotopic (exact) mass is 367 g/mol. The van der Waals surface area contributed by atoms with E-state index in [0.717, 1.165) is 24.8 Å². The van der Waals surface area contributed by atoms with Gasteiger partial charge in [-0.15, -0.1) is 11.3 Å². The first-order chi connectivity index (χ1) is 11.1. The number of nitrogens with zero attached hydrogens (tertiary/aromatic N) is 1. The predicted molar refractivity (Wildman–Crippen MR) is 96.8 cm³/mol. The number of anilines is 2. The van der Waals surface area contributed by atoms with Crippen LogP contribution in [0.15, 0.2) is 18.3 Å². The average Bonchev–Trinajstić information content (AvgIpc) is 3.09. The van der Waals surface area contributed by atoms with Gasteiger partial charge in [-0.25, -0.2) is 9.78 Å². The third-order valence-corrected chi connectivity index (χ3v) is 5.14. The highest BCUT2D eigenvalue weighted by atomic mass is 35.5. The van der Waals surface area contributed by atoms with Crippen molar-refractivity contribution in [1.29, 1.82) is 0 Å². The molecule has 0 amide bonds. The Morgan fingerprint density at radius 3 is 2.91 bits per heavy atom. The van der Waals surface area contributed by atoms with Crippen LogP contribution in [0, 0.1) is 0 Å². The maximum absolute atomic E-state index is 12.1. The second kappa shape index (κ2) is 6.82. The number of carbonyl (C=O) groups excluding carboxylic acids is 1. The van der Waals surface area contributed by atoms with E-state index in [1.807, 2.05) is 0 Å². The standard InChI is InChI=1S/C15H14ClN3O2S2/c1-21-14(20)12-9-3-2-4-10(9)23-13(12)19-15(22)18-11-6-5-8(16)7-17-11/h5-7H,2-4H2,1H3,(H2,17,18,19,22). The third-order valence-electron chi connectivity index (χ3n) is 3.51. The Morgan fingerprint density at radius 1 is 1.39 bits per heavy atom. The smallest absolute Gasteiger partial charge is 0.341 e. The SMILES string of the molecule is COC(=O)c1c(NC(=S)Nc2ccc(Cl)cn2)sc2c1CCC2. The first kappa shape index (κ1) is 16.2. The number of thiophene rings is 1. The lowest BCUT2D eigenvalue weighted by molar-refractivity contribution is 0.0601. The van der Waals surface area contributed by atoms with Gasteiger partial charge in [0, 0.05) is 11.1 Å². The molecule has 0 bridgehead atoms. The lowest BCUT2D eigenvalue weighted by Gasteiger charge is -2.10. The lowest BCUT2D eigenvalue weighted by atomic mass is 10.1. The number of methoxy groups -OCH3 is 1. The molecule has 0 fully saturated rings. The van der Waals surface area contributed by atoms with Crippen molar-refractivity contribution in [3.8, 4) is 0 Å². The molecule has 2 heterocycles. The number of hydrogen-bond acceptors (Lipinski definition) is 5. The molecule has 1 aliphatic carbocycles. The minimum atomic E-state index is -0.334.